The van der Waals surface area contributed by atoms with E-state index in [1.165, 1.54) is 0 Å². The molecule has 0 aromatic heterocycles. The number of hydroxylamine groups is 1. The van der Waals surface area contributed by atoms with E-state index in [0.717, 1.165) is 6.42 Å². The predicted octanol–water partition coefficient (Wildman–Crippen LogP) is 2.78. The van der Waals surface area contributed by atoms with Gasteiger partial charge >= 0.3 is 17.9 Å². The maximum atomic E-state index is 12.9. The SMILES string of the molecule is CCC(C)C(O)([CH]C(=O)OCc1ccc(OC)cc1)C(=O)OCc1ccc(ON[C@@H](C=O)CCC(=O)O)cc1. The molecule has 11 nitrogen and oxygen atoms in total. The van der Waals surface area contributed by atoms with Crippen LogP contribution in [0.25, 0.3) is 0 Å². The molecule has 0 aliphatic heterocycles. The first-order chi connectivity index (χ1) is 18.6. The molecular formula is C28H34NO10. The minimum absolute atomic E-state index is 0.0542. The van der Waals surface area contributed by atoms with E-state index in [-0.39, 0.29) is 26.1 Å². The lowest BCUT2D eigenvalue weighted by atomic mass is 9.84. The molecule has 0 amide bonds. The molecule has 211 valence electrons. The molecule has 0 heterocycles. The molecule has 0 saturated heterocycles. The number of carboxylic acid groups (broad SMARTS) is 1. The van der Waals surface area contributed by atoms with Crippen molar-refractivity contribution in [3.05, 3.63) is 66.1 Å². The van der Waals surface area contributed by atoms with Gasteiger partial charge in [-0.15, -0.1) is 5.48 Å². The van der Waals surface area contributed by atoms with Crippen molar-refractivity contribution >= 4 is 24.2 Å². The minimum Gasteiger partial charge on any atom is -0.497 e. The number of esters is 2. The quantitative estimate of drug-likeness (QED) is 0.153. The van der Waals surface area contributed by atoms with Crippen LogP contribution in [0.2, 0.25) is 0 Å². The van der Waals surface area contributed by atoms with Gasteiger partial charge < -0.3 is 34.1 Å². The first kappa shape index (κ1) is 31.3. The number of ether oxygens (including phenoxy) is 3. The van der Waals surface area contributed by atoms with Crippen LogP contribution in [0.3, 0.4) is 0 Å². The fraction of sp³-hybridized carbons (Fsp3) is 0.393. The smallest absolute Gasteiger partial charge is 0.339 e. The van der Waals surface area contributed by atoms with Gasteiger partial charge in [0.2, 0.25) is 0 Å². The summed E-state index contributed by atoms with van der Waals surface area (Å²) in [5.74, 6) is -2.51. The molecule has 2 aromatic rings. The van der Waals surface area contributed by atoms with Crippen LogP contribution < -0.4 is 15.1 Å². The Labute approximate surface area is 227 Å². The van der Waals surface area contributed by atoms with E-state index in [2.05, 4.69) is 5.48 Å². The van der Waals surface area contributed by atoms with Crippen molar-refractivity contribution < 1.29 is 48.4 Å². The number of aldehydes is 1. The average molecular weight is 545 g/mol. The van der Waals surface area contributed by atoms with E-state index in [4.69, 9.17) is 24.2 Å². The van der Waals surface area contributed by atoms with Crippen LogP contribution >= 0.6 is 0 Å². The van der Waals surface area contributed by atoms with Crippen molar-refractivity contribution in [2.45, 2.75) is 58.0 Å². The molecule has 0 fully saturated rings. The number of rotatable bonds is 17. The second-order valence-corrected chi connectivity index (χ2v) is 8.85. The van der Waals surface area contributed by atoms with Crippen LogP contribution in [-0.2, 0) is 41.9 Å². The molecule has 1 radical (unpaired) electrons. The summed E-state index contributed by atoms with van der Waals surface area (Å²) in [6, 6.07) is 12.4. The van der Waals surface area contributed by atoms with E-state index < -0.39 is 35.5 Å². The van der Waals surface area contributed by atoms with Crippen LogP contribution in [0.5, 0.6) is 11.5 Å². The summed E-state index contributed by atoms with van der Waals surface area (Å²) in [7, 11) is 1.54. The number of nitrogens with one attached hydrogen (secondary N) is 1. The fourth-order valence-corrected chi connectivity index (χ4v) is 3.31. The molecule has 0 bridgehead atoms. The third-order valence-corrected chi connectivity index (χ3v) is 6.02. The van der Waals surface area contributed by atoms with Crippen LogP contribution in [0.15, 0.2) is 48.5 Å². The van der Waals surface area contributed by atoms with Gasteiger partial charge in [-0.3, -0.25) is 9.59 Å². The Morgan fingerprint density at radius 2 is 1.54 bits per heavy atom. The first-order valence-electron chi connectivity index (χ1n) is 12.3. The van der Waals surface area contributed by atoms with Crippen LogP contribution in [-0.4, -0.2) is 53.2 Å². The van der Waals surface area contributed by atoms with Crippen molar-refractivity contribution in [3.63, 3.8) is 0 Å². The zero-order chi connectivity index (χ0) is 28.8. The number of benzene rings is 2. The molecule has 3 atom stereocenters. The van der Waals surface area contributed by atoms with Gasteiger partial charge in [-0.25, -0.2) is 4.79 Å². The maximum absolute atomic E-state index is 12.9. The van der Waals surface area contributed by atoms with Crippen molar-refractivity contribution in [1.82, 2.24) is 5.48 Å². The summed E-state index contributed by atoms with van der Waals surface area (Å²) in [5, 5.41) is 19.8. The molecule has 0 aliphatic carbocycles. The van der Waals surface area contributed by atoms with E-state index in [1.54, 1.807) is 69.5 Å². The molecule has 3 N–H and O–H groups in total. The first-order valence-corrected chi connectivity index (χ1v) is 12.3. The lowest BCUT2D eigenvalue weighted by Crippen LogP contribution is -2.48. The van der Waals surface area contributed by atoms with Crippen molar-refractivity contribution in [3.8, 4) is 11.5 Å². The molecule has 11 heteroatoms. The van der Waals surface area contributed by atoms with Gasteiger partial charge in [0.15, 0.2) is 5.60 Å². The highest BCUT2D eigenvalue weighted by atomic mass is 16.6. The van der Waals surface area contributed by atoms with Gasteiger partial charge in [0.05, 0.1) is 13.2 Å². The maximum Gasteiger partial charge on any atom is 0.339 e. The van der Waals surface area contributed by atoms with Crippen LogP contribution in [0.4, 0.5) is 0 Å². The van der Waals surface area contributed by atoms with E-state index in [9.17, 15) is 24.3 Å². The second kappa shape index (κ2) is 15.5. The topological polar surface area (TPSA) is 158 Å². The largest absolute Gasteiger partial charge is 0.497 e. The Bertz CT molecular complexity index is 1090. The molecule has 0 aliphatic rings. The Balaban J connectivity index is 1.91. The summed E-state index contributed by atoms with van der Waals surface area (Å²) in [6.07, 6.45) is 1.66. The second-order valence-electron chi connectivity index (χ2n) is 8.85. The molecular weight excluding hydrogens is 510 g/mol. The monoisotopic (exact) mass is 544 g/mol. The third kappa shape index (κ3) is 10.0. The number of carbonyl (C=O) groups is 4. The number of hydrogen-bond acceptors (Lipinski definition) is 10. The lowest BCUT2D eigenvalue weighted by molar-refractivity contribution is -0.172. The van der Waals surface area contributed by atoms with Gasteiger partial charge in [-0.1, -0.05) is 44.5 Å². The summed E-state index contributed by atoms with van der Waals surface area (Å²) < 4.78 is 15.6. The minimum atomic E-state index is -2.20. The van der Waals surface area contributed by atoms with Gasteiger partial charge in [0.1, 0.15) is 37.4 Å². The summed E-state index contributed by atoms with van der Waals surface area (Å²) in [5.41, 5.74) is 1.57. The highest BCUT2D eigenvalue weighted by molar-refractivity contribution is 5.92. The van der Waals surface area contributed by atoms with Gasteiger partial charge in [0.25, 0.3) is 0 Å². The number of aliphatic carboxylic acids is 1. The Morgan fingerprint density at radius 1 is 0.974 bits per heavy atom. The Hall–Kier alpha value is -3.96. The number of methoxy groups -OCH3 is 1. The van der Waals surface area contributed by atoms with Crippen molar-refractivity contribution in [2.24, 2.45) is 5.92 Å². The number of carbonyl (C=O) groups excluding carboxylic acids is 3. The van der Waals surface area contributed by atoms with Crippen LogP contribution in [0.1, 0.15) is 44.2 Å². The molecule has 2 rings (SSSR count). The average Bonchev–Trinajstić information content (AvgIpc) is 2.94. The predicted molar refractivity (Wildman–Crippen MR) is 138 cm³/mol. The Kier molecular flexibility index (Phi) is 12.4. The van der Waals surface area contributed by atoms with Crippen LogP contribution in [0, 0.1) is 12.3 Å². The summed E-state index contributed by atoms with van der Waals surface area (Å²) in [6.45, 7) is 3.15. The highest BCUT2D eigenvalue weighted by Gasteiger charge is 2.45. The molecule has 0 saturated carbocycles. The van der Waals surface area contributed by atoms with E-state index >= 15 is 0 Å². The fourth-order valence-electron chi connectivity index (χ4n) is 3.31. The summed E-state index contributed by atoms with van der Waals surface area (Å²) >= 11 is 0. The highest BCUT2D eigenvalue weighted by Crippen LogP contribution is 2.27. The van der Waals surface area contributed by atoms with Gasteiger partial charge in [-0.05, 0) is 47.7 Å². The summed E-state index contributed by atoms with van der Waals surface area (Å²) in [4.78, 5) is 52.3. The van der Waals surface area contributed by atoms with Crippen molar-refractivity contribution in [2.75, 3.05) is 7.11 Å². The lowest BCUT2D eigenvalue weighted by Gasteiger charge is -2.30. The third-order valence-electron chi connectivity index (χ3n) is 6.02. The number of aliphatic hydroxyl groups is 1. The Morgan fingerprint density at radius 3 is 2.05 bits per heavy atom. The van der Waals surface area contributed by atoms with E-state index in [0.29, 0.717) is 35.3 Å². The normalized spacial score (nSPS) is 13.8. The van der Waals surface area contributed by atoms with Crippen molar-refractivity contribution in [1.29, 1.82) is 0 Å². The molecule has 2 unspecified atom stereocenters. The zero-order valence-corrected chi connectivity index (χ0v) is 22.1. The number of hydrogen-bond donors (Lipinski definition) is 3. The standard InChI is InChI=1S/C28H34NO10/c1-4-19(2)28(35,15-26(33)37-17-20-5-10-23(36-3)11-6-20)27(34)38-18-21-7-12-24(13-8-21)39-29-22(16-30)9-14-25(31)32/h5-8,10-13,15-16,19,22,29,35H,4,9,14,17-18H2,1-3H3,(H,31,32)/t19?,22-,28?/m1/s1. The van der Waals surface area contributed by atoms with E-state index in [1.807, 2.05) is 0 Å². The van der Waals surface area contributed by atoms with Gasteiger partial charge in [0, 0.05) is 6.42 Å². The molecule has 39 heavy (non-hydrogen) atoms. The number of carboxylic acids is 1. The zero-order valence-electron chi connectivity index (χ0n) is 22.1. The molecule has 2 aromatic carbocycles. The van der Waals surface area contributed by atoms with Gasteiger partial charge in [-0.2, -0.15) is 0 Å². The molecule has 0 spiro atoms.